The fourth-order valence-corrected chi connectivity index (χ4v) is 4.46. The van der Waals surface area contributed by atoms with Gasteiger partial charge in [-0.1, -0.05) is 29.3 Å². The van der Waals surface area contributed by atoms with Crippen molar-refractivity contribution in [3.8, 4) is 0 Å². The van der Waals surface area contributed by atoms with Gasteiger partial charge < -0.3 is 5.32 Å². The zero-order chi connectivity index (χ0) is 15.4. The van der Waals surface area contributed by atoms with Gasteiger partial charge in [0.2, 0.25) is 0 Å². The molecule has 7 heteroatoms. The van der Waals surface area contributed by atoms with Gasteiger partial charge in [0.15, 0.2) is 0 Å². The minimum atomic E-state index is -0.794. The number of benzene rings is 1. The molecule has 0 radical (unpaired) electrons. The molecular formula is C14H19BrN2O3S. The van der Waals surface area contributed by atoms with Gasteiger partial charge in [-0.3, -0.25) is 14.3 Å². The van der Waals surface area contributed by atoms with Crippen LogP contribution in [0.2, 0.25) is 0 Å². The van der Waals surface area contributed by atoms with Gasteiger partial charge in [0, 0.05) is 38.4 Å². The molecule has 0 bridgehead atoms. The monoisotopic (exact) mass is 374 g/mol. The summed E-state index contributed by atoms with van der Waals surface area (Å²) in [6, 6.07) is 5.04. The first-order chi connectivity index (χ1) is 10.0. The molecule has 116 valence electrons. The SMILES string of the molecule is CCS(=O)C1CCCC(Nc2cc(Br)ccc2[N+](=O)[O-])C1. The zero-order valence-corrected chi connectivity index (χ0v) is 14.3. The van der Waals surface area contributed by atoms with Crippen molar-refractivity contribution < 1.29 is 9.13 Å². The molecule has 1 fully saturated rings. The largest absolute Gasteiger partial charge is 0.377 e. The van der Waals surface area contributed by atoms with Gasteiger partial charge in [-0.2, -0.15) is 0 Å². The van der Waals surface area contributed by atoms with Crippen molar-refractivity contribution in [1.82, 2.24) is 0 Å². The fraction of sp³-hybridized carbons (Fsp3) is 0.571. The van der Waals surface area contributed by atoms with Crippen LogP contribution in [0.4, 0.5) is 11.4 Å². The number of nitro groups is 1. The molecule has 3 atom stereocenters. The standard InChI is InChI=1S/C14H19BrN2O3S/c1-2-21(20)12-5-3-4-11(9-12)16-13-8-10(15)6-7-14(13)17(18)19/h6-8,11-12,16H,2-5,9H2,1H3. The lowest BCUT2D eigenvalue weighted by Crippen LogP contribution is -2.33. The van der Waals surface area contributed by atoms with E-state index in [1.165, 1.54) is 6.07 Å². The summed E-state index contributed by atoms with van der Waals surface area (Å²) in [4.78, 5) is 10.7. The first-order valence-corrected chi connectivity index (χ1v) is 9.26. The molecule has 3 unspecified atom stereocenters. The molecule has 21 heavy (non-hydrogen) atoms. The second-order valence-corrected chi connectivity index (χ2v) is 8.14. The predicted octanol–water partition coefficient (Wildman–Crippen LogP) is 3.85. The van der Waals surface area contributed by atoms with E-state index < -0.39 is 10.8 Å². The van der Waals surface area contributed by atoms with Gasteiger partial charge in [0.05, 0.1) is 4.92 Å². The van der Waals surface area contributed by atoms with E-state index >= 15 is 0 Å². The molecule has 5 nitrogen and oxygen atoms in total. The molecule has 0 spiro atoms. The Kier molecular flexibility index (Phi) is 5.75. The van der Waals surface area contributed by atoms with Crippen LogP contribution in [0.25, 0.3) is 0 Å². The van der Waals surface area contributed by atoms with E-state index in [1.54, 1.807) is 12.1 Å². The average Bonchev–Trinajstić information content (AvgIpc) is 2.46. The van der Waals surface area contributed by atoms with Gasteiger partial charge in [0.25, 0.3) is 5.69 Å². The maximum Gasteiger partial charge on any atom is 0.292 e. The maximum absolute atomic E-state index is 12.0. The Bertz CT molecular complexity index is 553. The van der Waals surface area contributed by atoms with Gasteiger partial charge in [0.1, 0.15) is 5.69 Å². The molecule has 1 saturated carbocycles. The van der Waals surface area contributed by atoms with Gasteiger partial charge in [-0.15, -0.1) is 0 Å². The predicted molar refractivity (Wildman–Crippen MR) is 89.1 cm³/mol. The molecule has 0 amide bonds. The van der Waals surface area contributed by atoms with Crippen LogP contribution in [-0.4, -0.2) is 26.2 Å². The summed E-state index contributed by atoms with van der Waals surface area (Å²) in [6.45, 7) is 1.94. The van der Waals surface area contributed by atoms with Crippen LogP contribution in [0, 0.1) is 10.1 Å². The molecule has 0 aliphatic heterocycles. The maximum atomic E-state index is 12.0. The van der Waals surface area contributed by atoms with Crippen LogP contribution in [0.15, 0.2) is 22.7 Å². The molecule has 1 aliphatic carbocycles. The minimum Gasteiger partial charge on any atom is -0.377 e. The molecule has 0 heterocycles. The molecular weight excluding hydrogens is 356 g/mol. The average molecular weight is 375 g/mol. The van der Waals surface area contributed by atoms with Crippen molar-refractivity contribution in [2.24, 2.45) is 0 Å². The van der Waals surface area contributed by atoms with E-state index in [0.29, 0.717) is 11.4 Å². The topological polar surface area (TPSA) is 72.2 Å². The van der Waals surface area contributed by atoms with Crippen molar-refractivity contribution in [3.05, 3.63) is 32.8 Å². The number of halogens is 1. The van der Waals surface area contributed by atoms with Gasteiger partial charge in [-0.05, 0) is 31.4 Å². The van der Waals surface area contributed by atoms with E-state index in [-0.39, 0.29) is 21.9 Å². The molecule has 1 aliphatic rings. The Morgan fingerprint density at radius 1 is 1.48 bits per heavy atom. The van der Waals surface area contributed by atoms with Crippen molar-refractivity contribution >= 4 is 38.1 Å². The highest BCUT2D eigenvalue weighted by molar-refractivity contribution is 9.10. The van der Waals surface area contributed by atoms with Crippen LogP contribution >= 0.6 is 15.9 Å². The van der Waals surface area contributed by atoms with Crippen molar-refractivity contribution in [2.45, 2.75) is 43.9 Å². The first kappa shape index (κ1) is 16.4. The summed E-state index contributed by atoms with van der Waals surface area (Å²) < 4.78 is 12.8. The van der Waals surface area contributed by atoms with Gasteiger partial charge in [-0.25, -0.2) is 0 Å². The smallest absolute Gasteiger partial charge is 0.292 e. The number of nitrogens with one attached hydrogen (secondary N) is 1. The van der Waals surface area contributed by atoms with Gasteiger partial charge >= 0.3 is 0 Å². The summed E-state index contributed by atoms with van der Waals surface area (Å²) in [5.41, 5.74) is 0.610. The van der Waals surface area contributed by atoms with E-state index in [1.807, 2.05) is 6.92 Å². The third kappa shape index (κ3) is 4.26. The number of nitro benzene ring substituents is 1. The third-order valence-electron chi connectivity index (χ3n) is 3.80. The van der Waals surface area contributed by atoms with E-state index in [2.05, 4.69) is 21.2 Å². The Balaban J connectivity index is 2.12. The van der Waals surface area contributed by atoms with E-state index in [9.17, 15) is 14.3 Å². The number of hydrogen-bond donors (Lipinski definition) is 1. The van der Waals surface area contributed by atoms with Crippen molar-refractivity contribution in [2.75, 3.05) is 11.1 Å². The van der Waals surface area contributed by atoms with Crippen molar-refractivity contribution in [1.29, 1.82) is 0 Å². The van der Waals surface area contributed by atoms with E-state index in [4.69, 9.17) is 0 Å². The fourth-order valence-electron chi connectivity index (χ4n) is 2.75. The number of rotatable bonds is 5. The zero-order valence-electron chi connectivity index (χ0n) is 11.9. The lowest BCUT2D eigenvalue weighted by molar-refractivity contribution is -0.384. The molecule has 0 saturated heterocycles. The normalized spacial score (nSPS) is 23.5. The Morgan fingerprint density at radius 3 is 2.90 bits per heavy atom. The van der Waals surface area contributed by atoms with Crippen LogP contribution in [-0.2, 0) is 10.8 Å². The highest BCUT2D eigenvalue weighted by atomic mass is 79.9. The Hall–Kier alpha value is -0.950. The first-order valence-electron chi connectivity index (χ1n) is 7.09. The highest BCUT2D eigenvalue weighted by Gasteiger charge is 2.27. The second kappa shape index (κ2) is 7.35. The number of anilines is 1. The molecule has 1 N–H and O–H groups in total. The summed E-state index contributed by atoms with van der Waals surface area (Å²) in [6.07, 6.45) is 3.76. The Morgan fingerprint density at radius 2 is 2.24 bits per heavy atom. The van der Waals surface area contributed by atoms with Crippen LogP contribution in [0.3, 0.4) is 0 Å². The summed E-state index contributed by atoms with van der Waals surface area (Å²) >= 11 is 3.35. The highest BCUT2D eigenvalue weighted by Crippen LogP contribution is 2.32. The molecule has 1 aromatic carbocycles. The van der Waals surface area contributed by atoms with Crippen LogP contribution in [0.1, 0.15) is 32.6 Å². The lowest BCUT2D eigenvalue weighted by Gasteiger charge is -2.29. The Labute approximate surface area is 135 Å². The quantitative estimate of drug-likeness (QED) is 0.627. The number of hydrogen-bond acceptors (Lipinski definition) is 4. The lowest BCUT2D eigenvalue weighted by atomic mass is 9.94. The summed E-state index contributed by atoms with van der Waals surface area (Å²) in [7, 11) is -0.794. The third-order valence-corrected chi connectivity index (χ3v) is 6.03. The minimum absolute atomic E-state index is 0.0805. The summed E-state index contributed by atoms with van der Waals surface area (Å²) in [5, 5.41) is 14.6. The van der Waals surface area contributed by atoms with Crippen molar-refractivity contribution in [3.63, 3.8) is 0 Å². The summed E-state index contributed by atoms with van der Waals surface area (Å²) in [5.74, 6) is 0.675. The molecule has 1 aromatic rings. The van der Waals surface area contributed by atoms with Crippen LogP contribution in [0.5, 0.6) is 0 Å². The molecule has 2 rings (SSSR count). The second-order valence-electron chi connectivity index (χ2n) is 5.22. The van der Waals surface area contributed by atoms with E-state index in [0.717, 1.165) is 30.2 Å². The number of nitrogens with zero attached hydrogens (tertiary/aromatic N) is 1. The van der Waals surface area contributed by atoms with Crippen LogP contribution < -0.4 is 5.32 Å². The molecule has 0 aromatic heterocycles.